The topological polar surface area (TPSA) is 29.3 Å². The number of hydrogen-bond donors (Lipinski definition) is 1. The lowest BCUT2D eigenvalue weighted by Gasteiger charge is -2.28. The van der Waals surface area contributed by atoms with E-state index in [1.54, 1.807) is 0 Å². The SMILES string of the molecule is Cc1cccc(CN(C)C(CCN)c2ccccc2)c1. The molecular weight excluding hydrogens is 244 g/mol. The van der Waals surface area contributed by atoms with Crippen LogP contribution in [0.3, 0.4) is 0 Å². The number of aryl methyl sites for hydroxylation is 1. The summed E-state index contributed by atoms with van der Waals surface area (Å²) in [5, 5.41) is 0. The Bertz CT molecular complexity index is 522. The summed E-state index contributed by atoms with van der Waals surface area (Å²) >= 11 is 0. The molecule has 2 nitrogen and oxygen atoms in total. The molecule has 0 aliphatic rings. The number of rotatable bonds is 6. The van der Waals surface area contributed by atoms with Crippen LogP contribution in [-0.4, -0.2) is 18.5 Å². The molecule has 106 valence electrons. The van der Waals surface area contributed by atoms with Gasteiger partial charge in [-0.1, -0.05) is 60.2 Å². The summed E-state index contributed by atoms with van der Waals surface area (Å²) < 4.78 is 0. The van der Waals surface area contributed by atoms with Gasteiger partial charge in [-0.15, -0.1) is 0 Å². The molecule has 2 heteroatoms. The fourth-order valence-electron chi connectivity index (χ4n) is 2.68. The van der Waals surface area contributed by atoms with Crippen LogP contribution in [0, 0.1) is 6.92 Å². The lowest BCUT2D eigenvalue weighted by molar-refractivity contribution is 0.227. The molecule has 2 N–H and O–H groups in total. The molecule has 2 rings (SSSR count). The molecule has 2 aromatic carbocycles. The van der Waals surface area contributed by atoms with Crippen molar-refractivity contribution in [2.45, 2.75) is 25.9 Å². The van der Waals surface area contributed by atoms with E-state index in [2.05, 4.69) is 73.5 Å². The Balaban J connectivity index is 2.13. The predicted octanol–water partition coefficient (Wildman–Crippen LogP) is 3.52. The highest BCUT2D eigenvalue weighted by molar-refractivity contribution is 5.23. The van der Waals surface area contributed by atoms with E-state index in [-0.39, 0.29) is 0 Å². The van der Waals surface area contributed by atoms with E-state index in [0.29, 0.717) is 12.6 Å². The Morgan fingerprint density at radius 3 is 2.45 bits per heavy atom. The summed E-state index contributed by atoms with van der Waals surface area (Å²) in [7, 11) is 2.18. The van der Waals surface area contributed by atoms with Crippen molar-refractivity contribution in [1.29, 1.82) is 0 Å². The van der Waals surface area contributed by atoms with Crippen molar-refractivity contribution in [1.82, 2.24) is 4.90 Å². The van der Waals surface area contributed by atoms with Crippen LogP contribution < -0.4 is 5.73 Å². The van der Waals surface area contributed by atoms with Crippen LogP contribution in [0.5, 0.6) is 0 Å². The first-order chi connectivity index (χ1) is 9.70. The molecule has 1 atom stereocenters. The third-order valence-corrected chi connectivity index (χ3v) is 3.67. The molecule has 0 amide bonds. The average Bonchev–Trinajstić information content (AvgIpc) is 2.45. The largest absolute Gasteiger partial charge is 0.330 e. The normalized spacial score (nSPS) is 12.6. The minimum atomic E-state index is 0.377. The summed E-state index contributed by atoms with van der Waals surface area (Å²) in [5.41, 5.74) is 9.80. The lowest BCUT2D eigenvalue weighted by atomic mass is 10.0. The molecule has 1 unspecified atom stereocenters. The van der Waals surface area contributed by atoms with Gasteiger partial charge in [-0.2, -0.15) is 0 Å². The molecule has 0 saturated heterocycles. The van der Waals surface area contributed by atoms with Gasteiger partial charge in [0, 0.05) is 12.6 Å². The van der Waals surface area contributed by atoms with Gasteiger partial charge in [0.2, 0.25) is 0 Å². The Labute approximate surface area is 122 Å². The molecule has 0 heterocycles. The second kappa shape index (κ2) is 7.22. The third kappa shape index (κ3) is 3.92. The summed E-state index contributed by atoms with van der Waals surface area (Å²) in [4.78, 5) is 2.39. The molecule has 0 spiro atoms. The van der Waals surface area contributed by atoms with E-state index in [1.165, 1.54) is 16.7 Å². The van der Waals surface area contributed by atoms with Crippen LogP contribution in [-0.2, 0) is 6.54 Å². The van der Waals surface area contributed by atoms with Gasteiger partial charge in [0.15, 0.2) is 0 Å². The van der Waals surface area contributed by atoms with E-state index in [9.17, 15) is 0 Å². The van der Waals surface area contributed by atoms with E-state index in [0.717, 1.165) is 13.0 Å². The molecule has 0 radical (unpaired) electrons. The van der Waals surface area contributed by atoms with Gasteiger partial charge in [0.25, 0.3) is 0 Å². The summed E-state index contributed by atoms with van der Waals surface area (Å²) in [6, 6.07) is 19.7. The van der Waals surface area contributed by atoms with Crippen molar-refractivity contribution in [3.05, 3.63) is 71.3 Å². The molecule has 0 saturated carbocycles. The van der Waals surface area contributed by atoms with Crippen LogP contribution in [0.15, 0.2) is 54.6 Å². The molecule has 0 aromatic heterocycles. The Hall–Kier alpha value is -1.64. The van der Waals surface area contributed by atoms with E-state index in [4.69, 9.17) is 5.73 Å². The minimum absolute atomic E-state index is 0.377. The zero-order chi connectivity index (χ0) is 14.4. The molecule has 20 heavy (non-hydrogen) atoms. The zero-order valence-corrected chi connectivity index (χ0v) is 12.4. The summed E-state index contributed by atoms with van der Waals surface area (Å²) in [5.74, 6) is 0. The number of nitrogens with two attached hydrogens (primary N) is 1. The van der Waals surface area contributed by atoms with Crippen molar-refractivity contribution >= 4 is 0 Å². The highest BCUT2D eigenvalue weighted by Gasteiger charge is 2.16. The number of benzene rings is 2. The van der Waals surface area contributed by atoms with Crippen molar-refractivity contribution in [2.75, 3.05) is 13.6 Å². The van der Waals surface area contributed by atoms with Crippen LogP contribution in [0.1, 0.15) is 29.2 Å². The molecule has 0 bridgehead atoms. The standard InChI is InChI=1S/C18H24N2/c1-15-7-6-8-16(13-15)14-20(2)18(11-12-19)17-9-4-3-5-10-17/h3-10,13,18H,11-12,14,19H2,1-2H3. The van der Waals surface area contributed by atoms with Crippen molar-refractivity contribution in [3.8, 4) is 0 Å². The van der Waals surface area contributed by atoms with Crippen LogP contribution in [0.4, 0.5) is 0 Å². The molecule has 0 aliphatic carbocycles. The highest BCUT2D eigenvalue weighted by atomic mass is 15.1. The molecular formula is C18H24N2. The van der Waals surface area contributed by atoms with E-state index >= 15 is 0 Å². The maximum atomic E-state index is 5.80. The number of nitrogens with zero attached hydrogens (tertiary/aromatic N) is 1. The maximum absolute atomic E-state index is 5.80. The van der Waals surface area contributed by atoms with E-state index in [1.807, 2.05) is 0 Å². The van der Waals surface area contributed by atoms with Crippen LogP contribution in [0.2, 0.25) is 0 Å². The van der Waals surface area contributed by atoms with Gasteiger partial charge in [0.1, 0.15) is 0 Å². The monoisotopic (exact) mass is 268 g/mol. The Morgan fingerprint density at radius 1 is 1.05 bits per heavy atom. The van der Waals surface area contributed by atoms with Crippen molar-refractivity contribution in [3.63, 3.8) is 0 Å². The minimum Gasteiger partial charge on any atom is -0.330 e. The van der Waals surface area contributed by atoms with Crippen LogP contribution in [0.25, 0.3) is 0 Å². The fraction of sp³-hybridized carbons (Fsp3) is 0.333. The maximum Gasteiger partial charge on any atom is 0.0360 e. The molecule has 0 fully saturated rings. The van der Waals surface area contributed by atoms with Crippen molar-refractivity contribution in [2.24, 2.45) is 5.73 Å². The van der Waals surface area contributed by atoms with Gasteiger partial charge in [-0.3, -0.25) is 4.90 Å². The first-order valence-corrected chi connectivity index (χ1v) is 7.21. The van der Waals surface area contributed by atoms with Crippen molar-refractivity contribution < 1.29 is 0 Å². The number of hydrogen-bond acceptors (Lipinski definition) is 2. The quantitative estimate of drug-likeness (QED) is 0.868. The average molecular weight is 268 g/mol. The second-order valence-corrected chi connectivity index (χ2v) is 5.41. The van der Waals surface area contributed by atoms with E-state index < -0.39 is 0 Å². The highest BCUT2D eigenvalue weighted by Crippen LogP contribution is 2.24. The third-order valence-electron chi connectivity index (χ3n) is 3.67. The summed E-state index contributed by atoms with van der Waals surface area (Å²) in [6.07, 6.45) is 0.979. The predicted molar refractivity (Wildman–Crippen MR) is 85.5 cm³/mol. The second-order valence-electron chi connectivity index (χ2n) is 5.41. The van der Waals surface area contributed by atoms with Crippen LogP contribution >= 0.6 is 0 Å². The Kier molecular flexibility index (Phi) is 5.33. The molecule has 2 aromatic rings. The zero-order valence-electron chi connectivity index (χ0n) is 12.4. The molecule has 0 aliphatic heterocycles. The summed E-state index contributed by atoms with van der Waals surface area (Å²) in [6.45, 7) is 3.79. The fourth-order valence-corrected chi connectivity index (χ4v) is 2.68. The van der Waals surface area contributed by atoms with Gasteiger partial charge in [-0.05, 0) is 38.1 Å². The van der Waals surface area contributed by atoms with Gasteiger partial charge < -0.3 is 5.73 Å². The van der Waals surface area contributed by atoms with Gasteiger partial charge in [0.05, 0.1) is 0 Å². The van der Waals surface area contributed by atoms with Gasteiger partial charge in [-0.25, -0.2) is 0 Å². The van der Waals surface area contributed by atoms with Gasteiger partial charge >= 0.3 is 0 Å². The lowest BCUT2D eigenvalue weighted by Crippen LogP contribution is -2.26. The first kappa shape index (κ1) is 14.8. The Morgan fingerprint density at radius 2 is 1.80 bits per heavy atom. The smallest absolute Gasteiger partial charge is 0.0360 e. The first-order valence-electron chi connectivity index (χ1n) is 7.21.